The minimum Gasteiger partial charge on any atom is -0.250 e. The first kappa shape index (κ1) is 14.9. The van der Waals surface area contributed by atoms with E-state index in [2.05, 4.69) is 21.4 Å². The first-order valence-corrected chi connectivity index (χ1v) is 7.38. The van der Waals surface area contributed by atoms with E-state index in [-0.39, 0.29) is 0 Å². The molecule has 1 N–H and O–H groups in total. The number of H-pyrrole nitrogens is 1. The zero-order valence-electron chi connectivity index (χ0n) is 12.4. The van der Waals surface area contributed by atoms with Crippen molar-refractivity contribution in [1.29, 1.82) is 5.26 Å². The lowest BCUT2D eigenvalue weighted by Crippen LogP contribution is -1.96. The average Bonchev–Trinajstić information content (AvgIpc) is 2.94. The summed E-state index contributed by atoms with van der Waals surface area (Å²) in [7, 11) is 0. The van der Waals surface area contributed by atoms with Gasteiger partial charge in [0.15, 0.2) is 5.82 Å². The minimum absolute atomic E-state index is 0.424. The molecular formula is C17H13N5S. The lowest BCUT2D eigenvalue weighted by atomic mass is 10.1. The number of nitrogens with zero attached hydrogens (tertiary/aromatic N) is 4. The molecular weight excluding hydrogens is 306 g/mol. The van der Waals surface area contributed by atoms with Gasteiger partial charge in [0.1, 0.15) is 0 Å². The Bertz CT molecular complexity index is 958. The number of benzene rings is 2. The molecule has 3 aromatic rings. The fourth-order valence-electron chi connectivity index (χ4n) is 2.17. The van der Waals surface area contributed by atoms with Crippen LogP contribution in [-0.2, 0) is 0 Å². The van der Waals surface area contributed by atoms with Crippen LogP contribution in [0.15, 0.2) is 53.6 Å². The normalized spacial score (nSPS) is 10.8. The number of nitrogens with one attached hydrogen (secondary N) is 1. The number of aromatic nitrogens is 3. The smallest absolute Gasteiger partial charge is 0.216 e. The van der Waals surface area contributed by atoms with Gasteiger partial charge >= 0.3 is 0 Å². The molecule has 2 aromatic carbocycles. The van der Waals surface area contributed by atoms with E-state index in [9.17, 15) is 0 Å². The topological polar surface area (TPSA) is 69.8 Å². The van der Waals surface area contributed by atoms with Crippen LogP contribution in [-0.4, -0.2) is 21.1 Å². The summed E-state index contributed by atoms with van der Waals surface area (Å²) in [6.45, 7) is 2.02. The number of hydrogen-bond acceptors (Lipinski definition) is 4. The van der Waals surface area contributed by atoms with Gasteiger partial charge < -0.3 is 0 Å². The number of hydrogen-bond donors (Lipinski definition) is 1. The van der Waals surface area contributed by atoms with Crippen molar-refractivity contribution in [3.8, 4) is 17.5 Å². The molecule has 3 rings (SSSR count). The molecule has 1 aromatic heterocycles. The molecule has 0 spiro atoms. The zero-order chi connectivity index (χ0) is 16.2. The second-order valence-electron chi connectivity index (χ2n) is 4.96. The Kier molecular flexibility index (Phi) is 4.13. The quantitative estimate of drug-likeness (QED) is 0.591. The maximum atomic E-state index is 8.82. The van der Waals surface area contributed by atoms with Crippen molar-refractivity contribution in [2.45, 2.75) is 6.92 Å². The van der Waals surface area contributed by atoms with E-state index >= 15 is 0 Å². The van der Waals surface area contributed by atoms with Crippen LogP contribution in [0.4, 0.5) is 0 Å². The van der Waals surface area contributed by atoms with Gasteiger partial charge in [-0.2, -0.15) is 20.1 Å². The molecule has 23 heavy (non-hydrogen) atoms. The summed E-state index contributed by atoms with van der Waals surface area (Å²) in [6, 6.07) is 17.2. The zero-order valence-corrected chi connectivity index (χ0v) is 13.2. The Morgan fingerprint density at radius 3 is 2.65 bits per heavy atom. The molecule has 5 nitrogen and oxygen atoms in total. The number of rotatable bonds is 3. The van der Waals surface area contributed by atoms with Crippen LogP contribution in [0.1, 0.15) is 16.7 Å². The predicted molar refractivity (Wildman–Crippen MR) is 91.7 cm³/mol. The standard InChI is InChI=1S/C17H13N5S/c1-12-4-2-3-5-15(12)16-20-21-17(23)22(16)19-11-14-8-6-13(10-18)7-9-14/h2-9,11H,1H3,(H,21,23)/b19-11-. The maximum absolute atomic E-state index is 8.82. The largest absolute Gasteiger partial charge is 0.250 e. The van der Waals surface area contributed by atoms with Crippen LogP contribution in [0.3, 0.4) is 0 Å². The highest BCUT2D eigenvalue weighted by Crippen LogP contribution is 2.21. The highest BCUT2D eigenvalue weighted by atomic mass is 32.1. The molecule has 112 valence electrons. The SMILES string of the molecule is Cc1ccccc1-c1n[nH]c(=S)n1/N=C\c1ccc(C#N)cc1. The molecule has 0 fully saturated rings. The molecule has 0 amide bonds. The molecule has 0 radical (unpaired) electrons. The summed E-state index contributed by atoms with van der Waals surface area (Å²) < 4.78 is 2.02. The summed E-state index contributed by atoms with van der Waals surface area (Å²) in [6.07, 6.45) is 1.69. The van der Waals surface area contributed by atoms with Crippen LogP contribution >= 0.6 is 12.2 Å². The van der Waals surface area contributed by atoms with Gasteiger partial charge in [-0.3, -0.25) is 0 Å². The van der Waals surface area contributed by atoms with Crippen LogP contribution in [0, 0.1) is 23.0 Å². The number of nitriles is 1. The lowest BCUT2D eigenvalue weighted by molar-refractivity contribution is 0.871. The van der Waals surface area contributed by atoms with Crippen LogP contribution in [0.25, 0.3) is 11.4 Å². The van der Waals surface area contributed by atoms with Crippen molar-refractivity contribution in [1.82, 2.24) is 14.9 Å². The van der Waals surface area contributed by atoms with Crippen LogP contribution in [0.2, 0.25) is 0 Å². The Hall–Kier alpha value is -3.04. The van der Waals surface area contributed by atoms with E-state index in [0.29, 0.717) is 16.2 Å². The average molecular weight is 319 g/mol. The second-order valence-corrected chi connectivity index (χ2v) is 5.34. The molecule has 0 aliphatic carbocycles. The van der Waals surface area contributed by atoms with Gasteiger partial charge in [0.2, 0.25) is 4.77 Å². The van der Waals surface area contributed by atoms with E-state index < -0.39 is 0 Å². The summed E-state index contributed by atoms with van der Waals surface area (Å²) in [5, 5.41) is 20.3. The van der Waals surface area contributed by atoms with Gasteiger partial charge in [-0.05, 0) is 42.4 Å². The Labute approximate surface area is 138 Å². The fourth-order valence-corrected chi connectivity index (χ4v) is 2.34. The van der Waals surface area contributed by atoms with Gasteiger partial charge in [-0.15, -0.1) is 0 Å². The van der Waals surface area contributed by atoms with Crippen molar-refractivity contribution in [3.05, 3.63) is 70.0 Å². The Balaban J connectivity index is 1.99. The van der Waals surface area contributed by atoms with Crippen LogP contribution in [0.5, 0.6) is 0 Å². The van der Waals surface area contributed by atoms with E-state index in [1.165, 1.54) is 0 Å². The van der Waals surface area contributed by atoms with Crippen molar-refractivity contribution in [2.75, 3.05) is 0 Å². The molecule has 1 heterocycles. The van der Waals surface area contributed by atoms with Crippen LogP contribution < -0.4 is 0 Å². The third-order valence-corrected chi connectivity index (χ3v) is 3.66. The van der Waals surface area contributed by atoms with Crippen molar-refractivity contribution in [2.24, 2.45) is 5.10 Å². The van der Waals surface area contributed by atoms with E-state index in [1.54, 1.807) is 23.0 Å². The third-order valence-electron chi connectivity index (χ3n) is 3.40. The monoisotopic (exact) mass is 319 g/mol. The molecule has 0 saturated heterocycles. The van der Waals surface area contributed by atoms with Crippen molar-refractivity contribution >= 4 is 18.4 Å². The van der Waals surface area contributed by atoms with E-state index in [0.717, 1.165) is 16.7 Å². The minimum atomic E-state index is 0.424. The fraction of sp³-hybridized carbons (Fsp3) is 0.0588. The van der Waals surface area contributed by atoms with Crippen molar-refractivity contribution < 1.29 is 0 Å². The molecule has 0 saturated carbocycles. The number of aromatic amines is 1. The molecule has 0 aliphatic rings. The first-order chi connectivity index (χ1) is 11.2. The Morgan fingerprint density at radius 2 is 1.96 bits per heavy atom. The highest BCUT2D eigenvalue weighted by Gasteiger charge is 2.09. The summed E-state index contributed by atoms with van der Waals surface area (Å²) in [5.74, 6) is 0.665. The van der Waals surface area contributed by atoms with E-state index in [1.807, 2.05) is 43.3 Å². The molecule has 0 atom stereocenters. The van der Waals surface area contributed by atoms with E-state index in [4.69, 9.17) is 17.5 Å². The van der Waals surface area contributed by atoms with Gasteiger partial charge in [0, 0.05) is 5.56 Å². The van der Waals surface area contributed by atoms with Gasteiger partial charge in [-0.25, -0.2) is 5.10 Å². The second kappa shape index (κ2) is 6.38. The lowest BCUT2D eigenvalue weighted by Gasteiger charge is -2.04. The predicted octanol–water partition coefficient (Wildman–Crippen LogP) is 3.67. The molecule has 6 heteroatoms. The molecule has 0 bridgehead atoms. The Morgan fingerprint density at radius 1 is 1.22 bits per heavy atom. The van der Waals surface area contributed by atoms with Gasteiger partial charge in [0.05, 0.1) is 17.8 Å². The summed E-state index contributed by atoms with van der Waals surface area (Å²) in [4.78, 5) is 0. The number of aryl methyl sites for hydroxylation is 1. The summed E-state index contributed by atoms with van der Waals surface area (Å²) in [5.41, 5.74) is 3.55. The molecule has 0 unspecified atom stereocenters. The van der Waals surface area contributed by atoms with Gasteiger partial charge in [-0.1, -0.05) is 36.4 Å². The van der Waals surface area contributed by atoms with Gasteiger partial charge in [0.25, 0.3) is 0 Å². The molecule has 0 aliphatic heterocycles. The first-order valence-electron chi connectivity index (χ1n) is 6.97. The summed E-state index contributed by atoms with van der Waals surface area (Å²) >= 11 is 5.26. The van der Waals surface area contributed by atoms with Crippen molar-refractivity contribution in [3.63, 3.8) is 0 Å². The maximum Gasteiger partial charge on any atom is 0.216 e. The highest BCUT2D eigenvalue weighted by molar-refractivity contribution is 7.71. The third kappa shape index (κ3) is 3.10.